The summed E-state index contributed by atoms with van der Waals surface area (Å²) in [7, 11) is -4.70. The topological polar surface area (TPSA) is 172 Å². The minimum Gasteiger partial charge on any atom is -0.480 e. The number of carboxylic acids is 1. The lowest BCUT2D eigenvalue weighted by Gasteiger charge is -2.20. The van der Waals surface area contributed by atoms with Crippen LogP contribution in [0.2, 0.25) is 0 Å². The number of carbonyl (C=O) groups is 3. The predicted octanol–water partition coefficient (Wildman–Crippen LogP) is 10.3. The summed E-state index contributed by atoms with van der Waals surface area (Å²) in [6.45, 7) is 2.79. The highest BCUT2D eigenvalue weighted by Gasteiger charge is 2.28. The molecule has 0 bridgehead atoms. The molecule has 0 aliphatic rings. The molecule has 302 valence electrons. The van der Waals surface area contributed by atoms with Crippen molar-refractivity contribution in [2.75, 3.05) is 19.8 Å². The molecule has 0 saturated heterocycles. The molecular weight excluding hydrogens is 673 g/mol. The molecule has 0 aliphatic heterocycles. The van der Waals surface area contributed by atoms with Crippen LogP contribution in [0.3, 0.4) is 0 Å². The zero-order chi connectivity index (χ0) is 37.8. The van der Waals surface area contributed by atoms with Gasteiger partial charge in [0.2, 0.25) is 0 Å². The first-order chi connectivity index (χ1) is 24.6. The van der Waals surface area contributed by atoms with Gasteiger partial charge in [-0.15, -0.1) is 0 Å². The summed E-state index contributed by atoms with van der Waals surface area (Å²) in [6.07, 6.45) is 31.8. The van der Waals surface area contributed by atoms with Gasteiger partial charge in [-0.05, 0) is 12.8 Å². The number of hydrogen-bond donors (Lipinski definition) is 3. The maximum absolute atomic E-state index is 12.5. The van der Waals surface area contributed by atoms with Crippen LogP contribution in [0.1, 0.15) is 200 Å². The predicted molar refractivity (Wildman–Crippen MR) is 203 cm³/mol. The average Bonchev–Trinajstić information content (AvgIpc) is 3.10. The molecule has 0 saturated carbocycles. The third kappa shape index (κ3) is 35.3. The SMILES string of the molecule is CCCCCCCCCCCCCCCCCCCCC(=O)OC[C@@H](COP(=O)(O)OC[C@@H](N)C(=O)O)OC(=O)CCCCCCCCCCC. The fourth-order valence-electron chi connectivity index (χ4n) is 5.83. The molecule has 12 heteroatoms. The van der Waals surface area contributed by atoms with Crippen LogP contribution in [-0.2, 0) is 37.5 Å². The molecule has 0 spiro atoms. The van der Waals surface area contributed by atoms with Crippen LogP contribution in [0.15, 0.2) is 0 Å². The van der Waals surface area contributed by atoms with E-state index in [9.17, 15) is 23.8 Å². The van der Waals surface area contributed by atoms with E-state index in [0.29, 0.717) is 12.8 Å². The second kappa shape index (κ2) is 35.5. The van der Waals surface area contributed by atoms with E-state index in [2.05, 4.69) is 18.4 Å². The Morgan fingerprint density at radius 3 is 1.24 bits per heavy atom. The van der Waals surface area contributed by atoms with Gasteiger partial charge < -0.3 is 25.2 Å². The van der Waals surface area contributed by atoms with Gasteiger partial charge in [0.1, 0.15) is 12.6 Å². The first kappa shape index (κ1) is 49.5. The number of unbranched alkanes of at least 4 members (excludes halogenated alkanes) is 25. The van der Waals surface area contributed by atoms with Gasteiger partial charge in [0, 0.05) is 12.8 Å². The summed E-state index contributed by atoms with van der Waals surface area (Å²) >= 11 is 0. The summed E-state index contributed by atoms with van der Waals surface area (Å²) in [4.78, 5) is 45.7. The zero-order valence-corrected chi connectivity index (χ0v) is 33.4. The van der Waals surface area contributed by atoms with Crippen molar-refractivity contribution >= 4 is 25.7 Å². The van der Waals surface area contributed by atoms with E-state index in [1.807, 2.05) is 0 Å². The molecule has 0 aromatic heterocycles. The van der Waals surface area contributed by atoms with Crippen molar-refractivity contribution in [1.82, 2.24) is 0 Å². The second-order valence-electron chi connectivity index (χ2n) is 14.1. The molecule has 3 atom stereocenters. The lowest BCUT2D eigenvalue weighted by Crippen LogP contribution is -2.34. The summed E-state index contributed by atoms with van der Waals surface area (Å²) in [5.74, 6) is -2.37. The summed E-state index contributed by atoms with van der Waals surface area (Å²) in [5, 5.41) is 8.85. The van der Waals surface area contributed by atoms with Crippen LogP contribution in [0.25, 0.3) is 0 Å². The van der Waals surface area contributed by atoms with Gasteiger partial charge in [-0.2, -0.15) is 0 Å². The third-order valence-corrected chi connectivity index (χ3v) is 10.1. The summed E-state index contributed by atoms with van der Waals surface area (Å²) in [6, 6.07) is -1.51. The van der Waals surface area contributed by atoms with E-state index in [1.165, 1.54) is 122 Å². The Labute approximate surface area is 310 Å². The van der Waals surface area contributed by atoms with E-state index in [1.54, 1.807) is 0 Å². The second-order valence-corrected chi connectivity index (χ2v) is 15.6. The first-order valence-corrected chi connectivity index (χ1v) is 22.1. The number of carboxylic acid groups (broad SMARTS) is 1. The molecule has 4 N–H and O–H groups in total. The maximum atomic E-state index is 12.5. The van der Waals surface area contributed by atoms with Crippen LogP contribution in [0, 0.1) is 0 Å². The number of rotatable bonds is 39. The first-order valence-electron chi connectivity index (χ1n) is 20.6. The van der Waals surface area contributed by atoms with E-state index in [0.717, 1.165) is 38.5 Å². The molecule has 1 unspecified atom stereocenters. The molecule has 0 aromatic rings. The van der Waals surface area contributed by atoms with Crippen LogP contribution < -0.4 is 5.73 Å². The quantitative estimate of drug-likeness (QED) is 0.0310. The van der Waals surface area contributed by atoms with Crippen LogP contribution >= 0.6 is 7.82 Å². The van der Waals surface area contributed by atoms with Gasteiger partial charge in [-0.25, -0.2) is 4.57 Å². The summed E-state index contributed by atoms with van der Waals surface area (Å²) < 4.78 is 32.6. The number of phosphoric acid groups is 1. The number of esters is 2. The highest BCUT2D eigenvalue weighted by Crippen LogP contribution is 2.43. The maximum Gasteiger partial charge on any atom is 0.472 e. The van der Waals surface area contributed by atoms with Crippen LogP contribution in [0.5, 0.6) is 0 Å². The van der Waals surface area contributed by atoms with Crippen molar-refractivity contribution in [2.24, 2.45) is 5.73 Å². The number of hydrogen-bond acceptors (Lipinski definition) is 9. The molecule has 0 amide bonds. The fourth-order valence-corrected chi connectivity index (χ4v) is 6.61. The monoisotopic (exact) mass is 750 g/mol. The molecule has 0 rings (SSSR count). The number of aliphatic carboxylic acids is 1. The van der Waals surface area contributed by atoms with E-state index in [-0.39, 0.29) is 19.4 Å². The van der Waals surface area contributed by atoms with E-state index >= 15 is 0 Å². The van der Waals surface area contributed by atoms with Gasteiger partial charge in [-0.1, -0.05) is 174 Å². The van der Waals surface area contributed by atoms with E-state index in [4.69, 9.17) is 24.8 Å². The standard InChI is InChI=1S/C39H76NO10P/c1-3-5-7-9-11-13-14-15-16-17-18-19-20-21-23-24-26-28-30-37(41)47-32-35(33-48-51(45,46)49-34-36(40)39(43)44)50-38(42)31-29-27-25-22-12-10-8-6-4-2/h35-36H,3-34,40H2,1-2H3,(H,43,44)(H,45,46)/t35-,36+/m0/s1. The summed E-state index contributed by atoms with van der Waals surface area (Å²) in [5.41, 5.74) is 5.31. The molecule has 0 aromatic carbocycles. The van der Waals surface area contributed by atoms with Crippen LogP contribution in [0.4, 0.5) is 0 Å². The number of phosphoric ester groups is 1. The van der Waals surface area contributed by atoms with Gasteiger partial charge in [0.15, 0.2) is 6.10 Å². The zero-order valence-electron chi connectivity index (χ0n) is 32.5. The van der Waals surface area contributed by atoms with Gasteiger partial charge in [-0.3, -0.25) is 23.4 Å². The minimum atomic E-state index is -4.70. The number of nitrogens with two attached hydrogens (primary N) is 1. The Kier molecular flexibility index (Phi) is 34.4. The van der Waals surface area contributed by atoms with Crippen molar-refractivity contribution in [3.63, 3.8) is 0 Å². The van der Waals surface area contributed by atoms with Gasteiger partial charge >= 0.3 is 25.7 Å². The number of ether oxygens (including phenoxy) is 2. The average molecular weight is 750 g/mol. The van der Waals surface area contributed by atoms with Crippen molar-refractivity contribution in [3.05, 3.63) is 0 Å². The van der Waals surface area contributed by atoms with Gasteiger partial charge in [0.05, 0.1) is 13.2 Å². The highest BCUT2D eigenvalue weighted by molar-refractivity contribution is 7.47. The van der Waals surface area contributed by atoms with Crippen molar-refractivity contribution in [2.45, 2.75) is 212 Å². The molecule has 11 nitrogen and oxygen atoms in total. The largest absolute Gasteiger partial charge is 0.480 e. The van der Waals surface area contributed by atoms with Crippen molar-refractivity contribution in [1.29, 1.82) is 0 Å². The highest BCUT2D eigenvalue weighted by atomic mass is 31.2. The minimum absolute atomic E-state index is 0.167. The molecule has 0 aliphatic carbocycles. The normalized spacial score (nSPS) is 13.8. The third-order valence-electron chi connectivity index (χ3n) is 9.11. The van der Waals surface area contributed by atoms with Crippen LogP contribution in [-0.4, -0.2) is 59.9 Å². The Morgan fingerprint density at radius 1 is 0.529 bits per heavy atom. The Morgan fingerprint density at radius 2 is 0.863 bits per heavy atom. The molecule has 0 heterocycles. The Bertz CT molecular complexity index is 890. The Balaban J connectivity index is 4.25. The van der Waals surface area contributed by atoms with Crippen molar-refractivity contribution in [3.8, 4) is 0 Å². The molecule has 51 heavy (non-hydrogen) atoms. The smallest absolute Gasteiger partial charge is 0.472 e. The molecule has 0 fully saturated rings. The van der Waals surface area contributed by atoms with Gasteiger partial charge in [0.25, 0.3) is 0 Å². The Hall–Kier alpha value is -1.52. The lowest BCUT2D eigenvalue weighted by molar-refractivity contribution is -0.161. The number of carbonyl (C=O) groups excluding carboxylic acids is 2. The molecule has 0 radical (unpaired) electrons. The fraction of sp³-hybridized carbons (Fsp3) is 0.923. The lowest BCUT2D eigenvalue weighted by atomic mass is 10.0. The van der Waals surface area contributed by atoms with E-state index < -0.39 is 51.1 Å². The van der Waals surface area contributed by atoms with Crippen molar-refractivity contribution < 1.29 is 47.5 Å². The molecular formula is C39H76NO10P.